The molecule has 0 saturated carbocycles. The van der Waals surface area contributed by atoms with Crippen molar-refractivity contribution in [2.24, 2.45) is 5.73 Å². The smallest absolute Gasteiger partial charge is 0.463 e. The molecule has 0 spiro atoms. The number of hydrogen-bond donors (Lipinski definition) is 3. The molecule has 0 aliphatic heterocycles. The van der Waals surface area contributed by atoms with Crippen LogP contribution in [0.3, 0.4) is 0 Å². The molecule has 0 aromatic rings. The standard InChI is InChI=1S/C41H64NO7P/c1-2-3-4-5-6-7-8-9-10-11-12-13-14-15-16-17-18-19-20-21-22-23-24-25-26-27-28-29-30-31-32-33-34-35-41(44)47-38-40(43)39-49-50(45,46)48-37-36-42/h3-4,6-7,9-10,12-13,15-16,18-19,21-22,24-25,27-28,30-31,40,43H,2,5,8,11,14,17,20,23,26,29,32-39,42H2,1H3,(H,45,46)/b4-3-,7-6-,10-9-,13-12-,16-15-,19-18-,22-21-,25-24-,28-27-,31-30-. The number of rotatable bonds is 32. The molecule has 0 aliphatic rings. The Kier molecular flexibility index (Phi) is 34.9. The van der Waals surface area contributed by atoms with Crippen molar-refractivity contribution in [3.8, 4) is 0 Å². The van der Waals surface area contributed by atoms with Gasteiger partial charge < -0.3 is 20.5 Å². The van der Waals surface area contributed by atoms with Crippen molar-refractivity contribution >= 4 is 13.8 Å². The third-order valence-electron chi connectivity index (χ3n) is 6.59. The highest BCUT2D eigenvalue weighted by Crippen LogP contribution is 2.42. The molecular formula is C41H64NO7P. The van der Waals surface area contributed by atoms with Crippen LogP contribution in [0.1, 0.15) is 96.8 Å². The fourth-order valence-corrected chi connectivity index (χ4v) is 4.72. The summed E-state index contributed by atoms with van der Waals surface area (Å²) in [5, 5.41) is 9.74. The molecular weight excluding hydrogens is 649 g/mol. The maximum Gasteiger partial charge on any atom is 0.472 e. The zero-order valence-corrected chi connectivity index (χ0v) is 31.2. The summed E-state index contributed by atoms with van der Waals surface area (Å²) in [4.78, 5) is 21.2. The third kappa shape index (κ3) is 37.7. The van der Waals surface area contributed by atoms with Gasteiger partial charge in [-0.25, -0.2) is 4.57 Å². The largest absolute Gasteiger partial charge is 0.472 e. The molecule has 0 rings (SSSR count). The van der Waals surface area contributed by atoms with E-state index in [4.69, 9.17) is 10.5 Å². The zero-order valence-electron chi connectivity index (χ0n) is 30.3. The number of ether oxygens (including phenoxy) is 1. The molecule has 9 heteroatoms. The van der Waals surface area contributed by atoms with E-state index in [1.807, 2.05) is 0 Å². The summed E-state index contributed by atoms with van der Waals surface area (Å²) in [7, 11) is -4.27. The van der Waals surface area contributed by atoms with Gasteiger partial charge in [-0.15, -0.1) is 0 Å². The quantitative estimate of drug-likeness (QED) is 0.0272. The fraction of sp³-hybridized carbons (Fsp3) is 0.488. The minimum absolute atomic E-state index is 0.0610. The van der Waals surface area contributed by atoms with Crippen LogP contribution in [0.15, 0.2) is 122 Å². The van der Waals surface area contributed by atoms with E-state index in [1.165, 1.54) is 0 Å². The Balaban J connectivity index is 3.68. The maximum atomic E-state index is 11.8. The van der Waals surface area contributed by atoms with E-state index in [2.05, 4.69) is 137 Å². The summed E-state index contributed by atoms with van der Waals surface area (Å²) in [6.07, 6.45) is 55.0. The molecule has 0 amide bonds. The van der Waals surface area contributed by atoms with Gasteiger partial charge >= 0.3 is 13.8 Å². The molecule has 0 heterocycles. The van der Waals surface area contributed by atoms with Crippen molar-refractivity contribution in [3.05, 3.63) is 122 Å². The fourth-order valence-electron chi connectivity index (χ4n) is 3.95. The number of esters is 1. The monoisotopic (exact) mass is 713 g/mol. The van der Waals surface area contributed by atoms with Crippen LogP contribution >= 0.6 is 7.82 Å². The summed E-state index contributed by atoms with van der Waals surface area (Å²) in [5.41, 5.74) is 5.19. The summed E-state index contributed by atoms with van der Waals surface area (Å²) in [6, 6.07) is 0. The van der Waals surface area contributed by atoms with Crippen molar-refractivity contribution in [2.45, 2.75) is 103 Å². The van der Waals surface area contributed by atoms with Gasteiger partial charge in [0.2, 0.25) is 0 Å². The molecule has 0 aliphatic carbocycles. The van der Waals surface area contributed by atoms with Crippen LogP contribution in [0.4, 0.5) is 0 Å². The number of allylic oxidation sites excluding steroid dienone is 20. The number of unbranched alkanes of at least 4 members (excludes halogenated alkanes) is 2. The highest BCUT2D eigenvalue weighted by atomic mass is 31.2. The van der Waals surface area contributed by atoms with Gasteiger partial charge in [0.15, 0.2) is 0 Å². The first-order valence-electron chi connectivity index (χ1n) is 18.1. The molecule has 0 fully saturated rings. The Bertz CT molecular complexity index is 1160. The van der Waals surface area contributed by atoms with E-state index in [0.29, 0.717) is 6.42 Å². The van der Waals surface area contributed by atoms with Crippen molar-refractivity contribution in [2.75, 3.05) is 26.4 Å². The predicted octanol–water partition coefficient (Wildman–Crippen LogP) is 10.0. The summed E-state index contributed by atoms with van der Waals surface area (Å²) in [5.74, 6) is -0.434. The molecule has 4 N–H and O–H groups in total. The number of phosphoric acid groups is 1. The minimum atomic E-state index is -4.27. The Hall–Kier alpha value is -3.10. The average molecular weight is 714 g/mol. The van der Waals surface area contributed by atoms with E-state index in [0.717, 1.165) is 77.0 Å². The number of nitrogens with two attached hydrogens (primary N) is 1. The van der Waals surface area contributed by atoms with Crippen LogP contribution < -0.4 is 5.73 Å². The van der Waals surface area contributed by atoms with Crippen molar-refractivity contribution < 1.29 is 33.1 Å². The molecule has 8 nitrogen and oxygen atoms in total. The van der Waals surface area contributed by atoms with Gasteiger partial charge in [0, 0.05) is 13.0 Å². The molecule has 280 valence electrons. The van der Waals surface area contributed by atoms with Gasteiger partial charge in [0.25, 0.3) is 0 Å². The maximum absolute atomic E-state index is 11.8. The summed E-state index contributed by atoms with van der Waals surface area (Å²) >= 11 is 0. The Morgan fingerprint density at radius 1 is 0.600 bits per heavy atom. The van der Waals surface area contributed by atoms with Crippen LogP contribution in [0.25, 0.3) is 0 Å². The van der Waals surface area contributed by atoms with E-state index in [-0.39, 0.29) is 26.2 Å². The first-order valence-corrected chi connectivity index (χ1v) is 19.6. The van der Waals surface area contributed by atoms with Crippen molar-refractivity contribution in [3.63, 3.8) is 0 Å². The second-order valence-electron chi connectivity index (χ2n) is 11.2. The second-order valence-corrected chi connectivity index (χ2v) is 12.7. The van der Waals surface area contributed by atoms with E-state index >= 15 is 0 Å². The van der Waals surface area contributed by atoms with Gasteiger partial charge in [-0.1, -0.05) is 128 Å². The van der Waals surface area contributed by atoms with Gasteiger partial charge in [-0.2, -0.15) is 0 Å². The number of aliphatic hydroxyl groups is 1. The lowest BCUT2D eigenvalue weighted by Gasteiger charge is -2.15. The van der Waals surface area contributed by atoms with Gasteiger partial charge in [-0.3, -0.25) is 13.8 Å². The van der Waals surface area contributed by atoms with Crippen LogP contribution in [-0.2, 0) is 23.1 Å². The number of carbonyl (C=O) groups is 1. The Labute approximate surface area is 302 Å². The van der Waals surface area contributed by atoms with E-state index in [1.54, 1.807) is 0 Å². The van der Waals surface area contributed by atoms with Crippen LogP contribution in [0.2, 0.25) is 0 Å². The molecule has 0 aromatic heterocycles. The highest BCUT2D eigenvalue weighted by Gasteiger charge is 2.22. The predicted molar refractivity (Wildman–Crippen MR) is 209 cm³/mol. The number of carbonyl (C=O) groups excluding carboxylic acids is 1. The van der Waals surface area contributed by atoms with E-state index in [9.17, 15) is 19.4 Å². The number of hydrogen-bond acceptors (Lipinski definition) is 7. The van der Waals surface area contributed by atoms with Crippen LogP contribution in [0.5, 0.6) is 0 Å². The lowest BCUT2D eigenvalue weighted by molar-refractivity contribution is -0.147. The highest BCUT2D eigenvalue weighted by molar-refractivity contribution is 7.47. The number of phosphoric ester groups is 1. The van der Waals surface area contributed by atoms with Crippen molar-refractivity contribution in [1.82, 2.24) is 0 Å². The van der Waals surface area contributed by atoms with Crippen LogP contribution in [0, 0.1) is 0 Å². The zero-order chi connectivity index (χ0) is 36.6. The average Bonchev–Trinajstić information content (AvgIpc) is 3.11. The molecule has 0 saturated heterocycles. The lowest BCUT2D eigenvalue weighted by Crippen LogP contribution is -2.23. The minimum Gasteiger partial charge on any atom is -0.463 e. The molecule has 50 heavy (non-hydrogen) atoms. The molecule has 0 radical (unpaired) electrons. The normalized spacial score (nSPS) is 15.0. The summed E-state index contributed by atoms with van der Waals surface area (Å²) < 4.78 is 25.6. The van der Waals surface area contributed by atoms with Gasteiger partial charge in [0.05, 0.1) is 13.2 Å². The topological polar surface area (TPSA) is 128 Å². The van der Waals surface area contributed by atoms with Crippen molar-refractivity contribution in [1.29, 1.82) is 0 Å². The molecule has 0 bridgehead atoms. The second kappa shape index (κ2) is 37.2. The van der Waals surface area contributed by atoms with Crippen LogP contribution in [-0.4, -0.2) is 48.4 Å². The lowest BCUT2D eigenvalue weighted by atomic mass is 10.2. The first-order chi connectivity index (χ1) is 24.4. The molecule has 2 unspecified atom stereocenters. The Morgan fingerprint density at radius 2 is 0.980 bits per heavy atom. The SMILES string of the molecule is CC/C=C\C/C=C\C/C=C\C/C=C\C/C=C\C/C=C\C/C=C\C/C=C\C/C=C\C/C=C\CCCCC(=O)OCC(O)COP(=O)(O)OCCN. The third-order valence-corrected chi connectivity index (χ3v) is 7.58. The Morgan fingerprint density at radius 3 is 1.36 bits per heavy atom. The number of aliphatic hydroxyl groups excluding tert-OH is 1. The molecule has 0 aromatic carbocycles. The summed E-state index contributed by atoms with van der Waals surface area (Å²) in [6.45, 7) is 1.26. The first kappa shape index (κ1) is 46.9. The van der Waals surface area contributed by atoms with Gasteiger partial charge in [0.1, 0.15) is 12.7 Å². The van der Waals surface area contributed by atoms with E-state index < -0.39 is 26.5 Å². The van der Waals surface area contributed by atoms with Gasteiger partial charge in [-0.05, 0) is 83.5 Å². The molecule has 2 atom stereocenters.